The molecule has 1 saturated heterocycles. The summed E-state index contributed by atoms with van der Waals surface area (Å²) < 4.78 is 37.3. The summed E-state index contributed by atoms with van der Waals surface area (Å²) in [5.41, 5.74) is 1.21. The smallest absolute Gasteiger partial charge is 0.278 e. The van der Waals surface area contributed by atoms with E-state index in [1.807, 2.05) is 6.07 Å². The molecular weight excluding hydrogens is 282 g/mol. The highest BCUT2D eigenvalue weighted by Gasteiger charge is 2.20. The van der Waals surface area contributed by atoms with E-state index >= 15 is 0 Å². The number of benzene rings is 1. The van der Waals surface area contributed by atoms with E-state index in [1.165, 1.54) is 12.5 Å². The second-order valence-electron chi connectivity index (χ2n) is 4.22. The first kappa shape index (κ1) is 13.1. The van der Waals surface area contributed by atoms with Crippen LogP contribution in [0.2, 0.25) is 0 Å². The van der Waals surface area contributed by atoms with Crippen LogP contribution in [0.25, 0.3) is 0 Å². The molecule has 8 heteroatoms. The average molecular weight is 295 g/mol. The Labute approximate surface area is 116 Å². The number of aromatic nitrogens is 2. The van der Waals surface area contributed by atoms with Crippen LogP contribution in [0.1, 0.15) is 11.9 Å². The molecule has 0 amide bonds. The van der Waals surface area contributed by atoms with Crippen molar-refractivity contribution in [1.82, 2.24) is 9.97 Å². The molecule has 1 fully saturated rings. The molecule has 1 aromatic heterocycles. The van der Waals surface area contributed by atoms with Crippen LogP contribution in [-0.2, 0) is 19.5 Å². The third-order valence-electron chi connectivity index (χ3n) is 2.80. The van der Waals surface area contributed by atoms with Gasteiger partial charge in [-0.15, -0.1) is 0 Å². The quantitative estimate of drug-likeness (QED) is 0.885. The van der Waals surface area contributed by atoms with Crippen LogP contribution in [0.3, 0.4) is 0 Å². The average Bonchev–Trinajstić information content (AvgIpc) is 3.12. The highest BCUT2D eigenvalue weighted by Crippen LogP contribution is 2.26. The fraction of sp³-hybridized carbons (Fsp3) is 0.250. The Morgan fingerprint density at radius 1 is 1.30 bits per heavy atom. The number of anilines is 1. The van der Waals surface area contributed by atoms with Gasteiger partial charge in [-0.2, -0.15) is 8.42 Å². The SMILES string of the molecule is O=S(=O)(Nc1cccc(C2OCCO2)c1)c1cnc[nH]1. The van der Waals surface area contributed by atoms with Crippen molar-refractivity contribution < 1.29 is 17.9 Å². The highest BCUT2D eigenvalue weighted by molar-refractivity contribution is 7.92. The predicted molar refractivity (Wildman–Crippen MR) is 70.5 cm³/mol. The second-order valence-corrected chi connectivity index (χ2v) is 5.87. The molecule has 0 saturated carbocycles. The van der Waals surface area contributed by atoms with Gasteiger partial charge in [-0.3, -0.25) is 4.72 Å². The van der Waals surface area contributed by atoms with Gasteiger partial charge in [0.15, 0.2) is 11.3 Å². The maximum atomic E-state index is 12.1. The number of hydrogen-bond acceptors (Lipinski definition) is 5. The molecule has 1 aromatic carbocycles. The molecule has 20 heavy (non-hydrogen) atoms. The van der Waals surface area contributed by atoms with Gasteiger partial charge in [-0.05, 0) is 12.1 Å². The summed E-state index contributed by atoms with van der Waals surface area (Å²) in [6, 6.07) is 6.91. The lowest BCUT2D eigenvalue weighted by atomic mass is 10.2. The van der Waals surface area contributed by atoms with Crippen molar-refractivity contribution >= 4 is 15.7 Å². The van der Waals surface area contributed by atoms with E-state index in [1.54, 1.807) is 18.2 Å². The van der Waals surface area contributed by atoms with E-state index in [0.717, 1.165) is 5.56 Å². The molecule has 2 heterocycles. The molecule has 0 spiro atoms. The van der Waals surface area contributed by atoms with Gasteiger partial charge < -0.3 is 14.5 Å². The zero-order valence-corrected chi connectivity index (χ0v) is 11.3. The third-order valence-corrected chi connectivity index (χ3v) is 4.10. The number of aromatic amines is 1. The van der Waals surface area contributed by atoms with Gasteiger partial charge in [-0.1, -0.05) is 12.1 Å². The first-order chi connectivity index (χ1) is 9.65. The van der Waals surface area contributed by atoms with Gasteiger partial charge in [0.05, 0.1) is 25.7 Å². The molecule has 2 N–H and O–H groups in total. The molecule has 106 valence electrons. The van der Waals surface area contributed by atoms with E-state index in [-0.39, 0.29) is 5.03 Å². The first-order valence-corrected chi connectivity index (χ1v) is 7.48. The van der Waals surface area contributed by atoms with Crippen molar-refractivity contribution in [1.29, 1.82) is 0 Å². The number of sulfonamides is 1. The molecule has 0 bridgehead atoms. The normalized spacial score (nSPS) is 16.4. The van der Waals surface area contributed by atoms with Crippen LogP contribution in [0.4, 0.5) is 5.69 Å². The van der Waals surface area contributed by atoms with Crippen molar-refractivity contribution in [2.45, 2.75) is 11.3 Å². The molecule has 1 aliphatic rings. The largest absolute Gasteiger partial charge is 0.346 e. The van der Waals surface area contributed by atoms with Gasteiger partial charge in [-0.25, -0.2) is 4.98 Å². The third kappa shape index (κ3) is 2.67. The van der Waals surface area contributed by atoms with Crippen molar-refractivity contribution in [3.8, 4) is 0 Å². The lowest BCUT2D eigenvalue weighted by Crippen LogP contribution is -2.13. The Bertz CT molecular complexity index is 678. The molecule has 1 aliphatic heterocycles. The van der Waals surface area contributed by atoms with Crippen LogP contribution in [-0.4, -0.2) is 31.6 Å². The molecule has 7 nitrogen and oxygen atoms in total. The summed E-state index contributed by atoms with van der Waals surface area (Å²) in [5, 5.41) is 0.0104. The lowest BCUT2D eigenvalue weighted by molar-refractivity contribution is -0.0440. The summed E-state index contributed by atoms with van der Waals surface area (Å²) in [7, 11) is -3.66. The zero-order valence-electron chi connectivity index (χ0n) is 10.4. The van der Waals surface area contributed by atoms with Crippen molar-refractivity contribution in [2.24, 2.45) is 0 Å². The minimum absolute atomic E-state index is 0.0104. The Morgan fingerprint density at radius 3 is 2.80 bits per heavy atom. The number of hydrogen-bond donors (Lipinski definition) is 2. The Morgan fingerprint density at radius 2 is 2.10 bits per heavy atom. The van der Waals surface area contributed by atoms with E-state index in [4.69, 9.17) is 9.47 Å². The van der Waals surface area contributed by atoms with E-state index in [0.29, 0.717) is 18.9 Å². The Kier molecular flexibility index (Phi) is 3.43. The molecule has 0 atom stereocenters. The number of rotatable bonds is 4. The monoisotopic (exact) mass is 295 g/mol. The number of nitrogens with one attached hydrogen (secondary N) is 2. The molecule has 3 rings (SSSR count). The van der Waals surface area contributed by atoms with Crippen molar-refractivity contribution in [3.63, 3.8) is 0 Å². The van der Waals surface area contributed by atoms with Gasteiger partial charge in [0, 0.05) is 11.3 Å². The van der Waals surface area contributed by atoms with E-state index in [2.05, 4.69) is 14.7 Å². The van der Waals surface area contributed by atoms with E-state index < -0.39 is 16.3 Å². The molecule has 0 aliphatic carbocycles. The summed E-state index contributed by atoms with van der Waals surface area (Å²) in [6.45, 7) is 1.07. The topological polar surface area (TPSA) is 93.3 Å². The summed E-state index contributed by atoms with van der Waals surface area (Å²) >= 11 is 0. The highest BCUT2D eigenvalue weighted by atomic mass is 32.2. The van der Waals surface area contributed by atoms with Crippen LogP contribution in [0.15, 0.2) is 41.8 Å². The van der Waals surface area contributed by atoms with Crippen LogP contribution in [0.5, 0.6) is 0 Å². The van der Waals surface area contributed by atoms with E-state index in [9.17, 15) is 8.42 Å². The van der Waals surface area contributed by atoms with Gasteiger partial charge >= 0.3 is 0 Å². The minimum Gasteiger partial charge on any atom is -0.346 e. The first-order valence-electron chi connectivity index (χ1n) is 5.99. The molecule has 2 aromatic rings. The Hall–Kier alpha value is -1.90. The van der Waals surface area contributed by atoms with Gasteiger partial charge in [0.1, 0.15) is 0 Å². The number of H-pyrrole nitrogens is 1. The predicted octanol–water partition coefficient (Wildman–Crippen LogP) is 1.26. The minimum atomic E-state index is -3.66. The fourth-order valence-corrected chi connectivity index (χ4v) is 2.85. The standard InChI is InChI=1S/C12H13N3O4S/c16-20(17,11-7-13-8-14-11)15-10-3-1-2-9(6-10)12-18-4-5-19-12/h1-3,6-8,12,15H,4-5H2,(H,13,14). The fourth-order valence-electron chi connectivity index (χ4n) is 1.90. The zero-order chi connectivity index (χ0) is 14.0. The molecule has 0 radical (unpaired) electrons. The Balaban J connectivity index is 1.82. The molecule has 0 unspecified atom stereocenters. The van der Waals surface area contributed by atoms with Gasteiger partial charge in [0.2, 0.25) is 0 Å². The van der Waals surface area contributed by atoms with Crippen LogP contribution < -0.4 is 4.72 Å². The summed E-state index contributed by atoms with van der Waals surface area (Å²) in [6.07, 6.45) is 2.12. The molecular formula is C12H13N3O4S. The van der Waals surface area contributed by atoms with Crippen LogP contribution >= 0.6 is 0 Å². The second kappa shape index (κ2) is 5.23. The maximum absolute atomic E-state index is 12.1. The maximum Gasteiger partial charge on any atom is 0.278 e. The van der Waals surface area contributed by atoms with Crippen LogP contribution in [0, 0.1) is 0 Å². The summed E-state index contributed by atoms with van der Waals surface area (Å²) in [4.78, 5) is 6.25. The van der Waals surface area contributed by atoms with Gasteiger partial charge in [0.25, 0.3) is 10.0 Å². The number of imidazole rings is 1. The summed E-state index contributed by atoms with van der Waals surface area (Å²) in [5.74, 6) is 0. The number of nitrogens with zero attached hydrogens (tertiary/aromatic N) is 1. The van der Waals surface area contributed by atoms with Crippen molar-refractivity contribution in [3.05, 3.63) is 42.4 Å². The number of ether oxygens (including phenoxy) is 2. The van der Waals surface area contributed by atoms with Crippen molar-refractivity contribution in [2.75, 3.05) is 17.9 Å². The lowest BCUT2D eigenvalue weighted by Gasteiger charge is -2.12.